The molecule has 2 aromatic heterocycles. The van der Waals surface area contributed by atoms with Gasteiger partial charge in [-0.1, -0.05) is 6.92 Å². The van der Waals surface area contributed by atoms with E-state index in [0.717, 1.165) is 27.1 Å². The Morgan fingerprint density at radius 3 is 2.78 bits per heavy atom. The Morgan fingerprint density at radius 2 is 2.22 bits per heavy atom. The maximum Gasteiger partial charge on any atom is 0.303 e. The standard InChI is InChI=1S/C13H15NO3S/c1-7(6-11(15)16)12-9(3)14-13(18-12)10-5-4-8(2)17-10/h4-5,7H,6H2,1-3H3,(H,15,16). The molecule has 18 heavy (non-hydrogen) atoms. The molecule has 2 rings (SSSR count). The fourth-order valence-corrected chi connectivity index (χ4v) is 2.95. The lowest BCUT2D eigenvalue weighted by atomic mass is 10.1. The van der Waals surface area contributed by atoms with Crippen LogP contribution in [0.15, 0.2) is 16.5 Å². The molecule has 1 unspecified atom stereocenters. The highest BCUT2D eigenvalue weighted by Crippen LogP contribution is 2.34. The zero-order valence-electron chi connectivity index (χ0n) is 10.6. The normalized spacial score (nSPS) is 12.6. The Morgan fingerprint density at radius 1 is 1.50 bits per heavy atom. The molecule has 0 aliphatic rings. The van der Waals surface area contributed by atoms with Crippen molar-refractivity contribution in [1.82, 2.24) is 4.98 Å². The van der Waals surface area contributed by atoms with E-state index in [9.17, 15) is 4.79 Å². The molecule has 0 aliphatic heterocycles. The summed E-state index contributed by atoms with van der Waals surface area (Å²) in [7, 11) is 0. The van der Waals surface area contributed by atoms with E-state index in [0.29, 0.717) is 0 Å². The van der Waals surface area contributed by atoms with Crippen LogP contribution in [0.5, 0.6) is 0 Å². The van der Waals surface area contributed by atoms with Crippen molar-refractivity contribution in [2.75, 3.05) is 0 Å². The highest BCUT2D eigenvalue weighted by Gasteiger charge is 2.18. The van der Waals surface area contributed by atoms with Gasteiger partial charge in [-0.05, 0) is 26.0 Å². The van der Waals surface area contributed by atoms with Gasteiger partial charge in [-0.2, -0.15) is 0 Å². The molecule has 0 radical (unpaired) electrons. The molecule has 0 amide bonds. The number of rotatable bonds is 4. The van der Waals surface area contributed by atoms with E-state index in [1.165, 1.54) is 11.3 Å². The number of carbonyl (C=O) groups is 1. The van der Waals surface area contributed by atoms with Gasteiger partial charge in [-0.3, -0.25) is 4.79 Å². The average Bonchev–Trinajstić information content (AvgIpc) is 2.83. The van der Waals surface area contributed by atoms with Gasteiger partial charge >= 0.3 is 5.97 Å². The van der Waals surface area contributed by atoms with Crippen LogP contribution in [-0.2, 0) is 4.79 Å². The Labute approximate surface area is 109 Å². The summed E-state index contributed by atoms with van der Waals surface area (Å²) in [4.78, 5) is 16.2. The van der Waals surface area contributed by atoms with Crippen LogP contribution < -0.4 is 0 Å². The fourth-order valence-electron chi connectivity index (χ4n) is 1.87. The monoisotopic (exact) mass is 265 g/mol. The number of aryl methyl sites for hydroxylation is 2. The van der Waals surface area contributed by atoms with Gasteiger partial charge in [0.05, 0.1) is 12.1 Å². The van der Waals surface area contributed by atoms with Gasteiger partial charge in [0, 0.05) is 10.8 Å². The third-order valence-corrected chi connectivity index (χ3v) is 4.12. The van der Waals surface area contributed by atoms with E-state index in [-0.39, 0.29) is 12.3 Å². The maximum atomic E-state index is 10.7. The van der Waals surface area contributed by atoms with E-state index in [4.69, 9.17) is 9.52 Å². The van der Waals surface area contributed by atoms with Gasteiger partial charge in [0.25, 0.3) is 0 Å². The average molecular weight is 265 g/mol. The molecule has 4 nitrogen and oxygen atoms in total. The largest absolute Gasteiger partial charge is 0.481 e. The first-order valence-electron chi connectivity index (χ1n) is 5.73. The third-order valence-electron chi connectivity index (χ3n) is 2.71. The van der Waals surface area contributed by atoms with Crippen LogP contribution in [0, 0.1) is 13.8 Å². The third kappa shape index (κ3) is 2.61. The number of thiazole rings is 1. The summed E-state index contributed by atoms with van der Waals surface area (Å²) in [6.07, 6.45) is 0.125. The molecular weight excluding hydrogens is 250 g/mol. The molecular formula is C13H15NO3S. The summed E-state index contributed by atoms with van der Waals surface area (Å²) in [6.45, 7) is 5.70. The van der Waals surface area contributed by atoms with Crippen molar-refractivity contribution >= 4 is 17.3 Å². The van der Waals surface area contributed by atoms with Gasteiger partial charge in [0.1, 0.15) is 5.76 Å². The van der Waals surface area contributed by atoms with Crippen molar-refractivity contribution in [3.63, 3.8) is 0 Å². The number of carboxylic acid groups (broad SMARTS) is 1. The molecule has 0 aromatic carbocycles. The van der Waals surface area contributed by atoms with Gasteiger partial charge < -0.3 is 9.52 Å². The minimum atomic E-state index is -0.786. The first-order valence-corrected chi connectivity index (χ1v) is 6.55. The van der Waals surface area contributed by atoms with Crippen molar-refractivity contribution in [3.8, 4) is 10.8 Å². The summed E-state index contributed by atoms with van der Waals surface area (Å²) in [5, 5.41) is 9.64. The van der Waals surface area contributed by atoms with Crippen LogP contribution in [0.2, 0.25) is 0 Å². The second kappa shape index (κ2) is 4.94. The van der Waals surface area contributed by atoms with Crippen LogP contribution in [0.4, 0.5) is 0 Å². The Hall–Kier alpha value is -1.62. The quantitative estimate of drug-likeness (QED) is 0.917. The Balaban J connectivity index is 2.29. The van der Waals surface area contributed by atoms with Crippen molar-refractivity contribution in [2.24, 2.45) is 0 Å². The van der Waals surface area contributed by atoms with E-state index in [1.807, 2.05) is 32.9 Å². The summed E-state index contributed by atoms with van der Waals surface area (Å²) in [5.41, 5.74) is 0.887. The first-order chi connectivity index (χ1) is 8.47. The van der Waals surface area contributed by atoms with Crippen molar-refractivity contribution in [1.29, 1.82) is 0 Å². The van der Waals surface area contributed by atoms with Crippen LogP contribution in [0.25, 0.3) is 10.8 Å². The predicted molar refractivity (Wildman–Crippen MR) is 70.0 cm³/mol. The second-order valence-corrected chi connectivity index (χ2v) is 5.41. The molecule has 2 heterocycles. The van der Waals surface area contributed by atoms with E-state index in [2.05, 4.69) is 4.98 Å². The fraction of sp³-hybridized carbons (Fsp3) is 0.385. The second-order valence-electron chi connectivity index (χ2n) is 4.38. The highest BCUT2D eigenvalue weighted by atomic mass is 32.1. The minimum Gasteiger partial charge on any atom is -0.481 e. The Bertz CT molecular complexity index is 571. The van der Waals surface area contributed by atoms with Gasteiger partial charge in [-0.25, -0.2) is 4.98 Å². The van der Waals surface area contributed by atoms with Crippen molar-refractivity contribution in [3.05, 3.63) is 28.5 Å². The summed E-state index contributed by atoms with van der Waals surface area (Å²) in [6, 6.07) is 3.78. The highest BCUT2D eigenvalue weighted by molar-refractivity contribution is 7.15. The zero-order chi connectivity index (χ0) is 13.3. The van der Waals surface area contributed by atoms with Crippen LogP contribution >= 0.6 is 11.3 Å². The van der Waals surface area contributed by atoms with E-state index < -0.39 is 5.97 Å². The molecule has 0 spiro atoms. The summed E-state index contributed by atoms with van der Waals surface area (Å²) in [5.74, 6) is 0.780. The number of hydrogen-bond donors (Lipinski definition) is 1. The Kier molecular flexibility index (Phi) is 3.52. The number of furan rings is 1. The summed E-state index contributed by atoms with van der Waals surface area (Å²) >= 11 is 1.51. The number of nitrogens with zero attached hydrogens (tertiary/aromatic N) is 1. The molecule has 0 fully saturated rings. The molecule has 0 aliphatic carbocycles. The summed E-state index contributed by atoms with van der Waals surface area (Å²) < 4.78 is 5.53. The van der Waals surface area contributed by atoms with Crippen molar-refractivity contribution in [2.45, 2.75) is 33.1 Å². The molecule has 1 N–H and O–H groups in total. The maximum absolute atomic E-state index is 10.7. The molecule has 0 saturated heterocycles. The number of carboxylic acids is 1. The van der Waals surface area contributed by atoms with E-state index in [1.54, 1.807) is 0 Å². The van der Waals surface area contributed by atoms with Crippen molar-refractivity contribution < 1.29 is 14.3 Å². The predicted octanol–water partition coefficient (Wildman–Crippen LogP) is 3.60. The number of hydrogen-bond acceptors (Lipinski definition) is 4. The zero-order valence-corrected chi connectivity index (χ0v) is 11.4. The van der Waals surface area contributed by atoms with Gasteiger partial charge in [0.2, 0.25) is 0 Å². The topological polar surface area (TPSA) is 63.3 Å². The first kappa shape index (κ1) is 12.8. The molecule has 0 bridgehead atoms. The molecule has 2 aromatic rings. The van der Waals surface area contributed by atoms with E-state index >= 15 is 0 Å². The SMILES string of the molecule is Cc1ccc(-c2nc(C)c(C(C)CC(=O)O)s2)o1. The molecule has 1 atom stereocenters. The number of aliphatic carboxylic acids is 1. The molecule has 5 heteroatoms. The van der Waals surface area contributed by atoms with Gasteiger partial charge in [-0.15, -0.1) is 11.3 Å². The van der Waals surface area contributed by atoms with Crippen LogP contribution in [0.3, 0.4) is 0 Å². The van der Waals surface area contributed by atoms with Gasteiger partial charge in [0.15, 0.2) is 10.8 Å². The lowest BCUT2D eigenvalue weighted by molar-refractivity contribution is -0.137. The minimum absolute atomic E-state index is 0.0233. The lowest BCUT2D eigenvalue weighted by Crippen LogP contribution is -2.02. The van der Waals surface area contributed by atoms with Crippen LogP contribution in [0.1, 0.15) is 35.6 Å². The lowest BCUT2D eigenvalue weighted by Gasteiger charge is -2.05. The van der Waals surface area contributed by atoms with Crippen LogP contribution in [-0.4, -0.2) is 16.1 Å². The smallest absolute Gasteiger partial charge is 0.303 e. The molecule has 0 saturated carbocycles. The number of aromatic nitrogens is 1. The molecule has 96 valence electrons.